The van der Waals surface area contributed by atoms with E-state index in [0.29, 0.717) is 6.54 Å². The zero-order chi connectivity index (χ0) is 12.3. The van der Waals surface area contributed by atoms with Gasteiger partial charge in [-0.05, 0) is 41.3 Å². The minimum atomic E-state index is 0. The van der Waals surface area contributed by atoms with Crippen molar-refractivity contribution < 1.29 is 4.74 Å². The number of ether oxygens (including phenoxy) is 1. The molecular weight excluding hydrogens is 246 g/mol. The van der Waals surface area contributed by atoms with Crippen molar-refractivity contribution >= 4 is 12.4 Å². The SMILES string of the molecule is COc1cccc(-c2cccc(CN)c2C)c1.Cl. The van der Waals surface area contributed by atoms with E-state index >= 15 is 0 Å². The average molecular weight is 264 g/mol. The summed E-state index contributed by atoms with van der Waals surface area (Å²) in [6, 6.07) is 14.3. The van der Waals surface area contributed by atoms with Gasteiger partial charge in [0.15, 0.2) is 0 Å². The first-order chi connectivity index (χ1) is 8.26. The molecule has 0 aliphatic rings. The topological polar surface area (TPSA) is 35.2 Å². The Morgan fingerprint density at radius 1 is 1.11 bits per heavy atom. The molecular formula is C15H18ClNO. The van der Waals surface area contributed by atoms with Gasteiger partial charge in [-0.15, -0.1) is 12.4 Å². The average Bonchev–Trinajstić information content (AvgIpc) is 2.39. The molecule has 18 heavy (non-hydrogen) atoms. The van der Waals surface area contributed by atoms with E-state index < -0.39 is 0 Å². The Balaban J connectivity index is 0.00000162. The monoisotopic (exact) mass is 263 g/mol. The molecule has 0 bridgehead atoms. The van der Waals surface area contributed by atoms with Gasteiger partial charge in [0.25, 0.3) is 0 Å². The Labute approximate surface area is 114 Å². The normalized spacial score (nSPS) is 9.72. The van der Waals surface area contributed by atoms with Crippen molar-refractivity contribution in [3.05, 3.63) is 53.6 Å². The Hall–Kier alpha value is -1.51. The molecule has 0 aromatic heterocycles. The Bertz CT molecular complexity index is 526. The third kappa shape index (κ3) is 2.84. The van der Waals surface area contributed by atoms with E-state index in [-0.39, 0.29) is 12.4 Å². The molecule has 3 heteroatoms. The van der Waals surface area contributed by atoms with E-state index in [0.717, 1.165) is 11.3 Å². The second-order valence-electron chi connectivity index (χ2n) is 4.03. The van der Waals surface area contributed by atoms with Crippen LogP contribution in [0, 0.1) is 6.92 Å². The van der Waals surface area contributed by atoms with E-state index in [1.165, 1.54) is 16.7 Å². The summed E-state index contributed by atoms with van der Waals surface area (Å²) in [7, 11) is 1.68. The van der Waals surface area contributed by atoms with Gasteiger partial charge < -0.3 is 10.5 Å². The minimum Gasteiger partial charge on any atom is -0.497 e. The van der Waals surface area contributed by atoms with Crippen LogP contribution in [0.15, 0.2) is 42.5 Å². The minimum absolute atomic E-state index is 0. The molecule has 2 nitrogen and oxygen atoms in total. The van der Waals surface area contributed by atoms with E-state index in [1.807, 2.05) is 24.3 Å². The van der Waals surface area contributed by atoms with Gasteiger partial charge in [-0.25, -0.2) is 0 Å². The maximum Gasteiger partial charge on any atom is 0.119 e. The third-order valence-electron chi connectivity index (χ3n) is 3.05. The van der Waals surface area contributed by atoms with Crippen molar-refractivity contribution in [1.29, 1.82) is 0 Å². The molecule has 0 heterocycles. The lowest BCUT2D eigenvalue weighted by Gasteiger charge is -2.11. The number of rotatable bonds is 3. The van der Waals surface area contributed by atoms with Crippen LogP contribution in [0.4, 0.5) is 0 Å². The standard InChI is InChI=1S/C15H17NO.ClH/c1-11-13(10-16)6-4-8-15(11)12-5-3-7-14(9-12)17-2;/h3-9H,10,16H2,1-2H3;1H. The number of benzene rings is 2. The largest absolute Gasteiger partial charge is 0.497 e. The first kappa shape index (κ1) is 14.6. The van der Waals surface area contributed by atoms with Gasteiger partial charge in [0, 0.05) is 6.54 Å². The second-order valence-corrected chi connectivity index (χ2v) is 4.03. The fourth-order valence-electron chi connectivity index (χ4n) is 2.01. The van der Waals surface area contributed by atoms with Crippen molar-refractivity contribution in [1.82, 2.24) is 0 Å². The summed E-state index contributed by atoms with van der Waals surface area (Å²) in [5.41, 5.74) is 10.5. The van der Waals surface area contributed by atoms with Crippen LogP contribution in [0.25, 0.3) is 11.1 Å². The first-order valence-corrected chi connectivity index (χ1v) is 5.69. The highest BCUT2D eigenvalue weighted by Gasteiger charge is 2.05. The summed E-state index contributed by atoms with van der Waals surface area (Å²) >= 11 is 0. The van der Waals surface area contributed by atoms with Crippen molar-refractivity contribution in [2.75, 3.05) is 7.11 Å². The molecule has 0 saturated carbocycles. The van der Waals surface area contributed by atoms with Gasteiger partial charge in [0.2, 0.25) is 0 Å². The molecule has 0 aliphatic carbocycles. The zero-order valence-corrected chi connectivity index (χ0v) is 11.5. The molecule has 0 spiro atoms. The molecule has 96 valence electrons. The van der Waals surface area contributed by atoms with Gasteiger partial charge in [-0.2, -0.15) is 0 Å². The number of hydrogen-bond acceptors (Lipinski definition) is 2. The fourth-order valence-corrected chi connectivity index (χ4v) is 2.01. The fraction of sp³-hybridized carbons (Fsp3) is 0.200. The molecule has 0 atom stereocenters. The Kier molecular flexibility index (Phi) is 5.20. The lowest BCUT2D eigenvalue weighted by Crippen LogP contribution is -2.00. The summed E-state index contributed by atoms with van der Waals surface area (Å²) < 4.78 is 5.25. The zero-order valence-electron chi connectivity index (χ0n) is 10.6. The quantitative estimate of drug-likeness (QED) is 0.919. The molecule has 0 saturated heterocycles. The van der Waals surface area contributed by atoms with Gasteiger partial charge in [-0.3, -0.25) is 0 Å². The van der Waals surface area contributed by atoms with Crippen LogP contribution in [0.5, 0.6) is 5.75 Å². The maximum absolute atomic E-state index is 5.73. The van der Waals surface area contributed by atoms with Crippen LogP contribution in [-0.2, 0) is 6.54 Å². The summed E-state index contributed by atoms with van der Waals surface area (Å²) in [5.74, 6) is 0.875. The summed E-state index contributed by atoms with van der Waals surface area (Å²) in [6.07, 6.45) is 0. The number of methoxy groups -OCH3 is 1. The highest BCUT2D eigenvalue weighted by Crippen LogP contribution is 2.28. The highest BCUT2D eigenvalue weighted by molar-refractivity contribution is 5.85. The summed E-state index contributed by atoms with van der Waals surface area (Å²) in [6.45, 7) is 2.68. The predicted octanol–water partition coefficient (Wildman–Crippen LogP) is 3.55. The van der Waals surface area contributed by atoms with Gasteiger partial charge in [-0.1, -0.05) is 30.3 Å². The molecule has 2 rings (SSSR count). The van der Waals surface area contributed by atoms with E-state index in [1.54, 1.807) is 7.11 Å². The summed E-state index contributed by atoms with van der Waals surface area (Å²) in [4.78, 5) is 0. The van der Waals surface area contributed by atoms with Crippen molar-refractivity contribution in [2.24, 2.45) is 5.73 Å². The molecule has 0 fully saturated rings. The number of nitrogens with two attached hydrogens (primary N) is 1. The molecule has 2 N–H and O–H groups in total. The smallest absolute Gasteiger partial charge is 0.119 e. The van der Waals surface area contributed by atoms with Crippen molar-refractivity contribution in [3.8, 4) is 16.9 Å². The van der Waals surface area contributed by atoms with Crippen LogP contribution >= 0.6 is 12.4 Å². The molecule has 2 aromatic carbocycles. The second kappa shape index (κ2) is 6.43. The van der Waals surface area contributed by atoms with Crippen LogP contribution in [0.1, 0.15) is 11.1 Å². The third-order valence-corrected chi connectivity index (χ3v) is 3.05. The first-order valence-electron chi connectivity index (χ1n) is 5.69. The van der Waals surface area contributed by atoms with Gasteiger partial charge >= 0.3 is 0 Å². The van der Waals surface area contributed by atoms with Crippen LogP contribution in [0.2, 0.25) is 0 Å². The Morgan fingerprint density at radius 2 is 1.83 bits per heavy atom. The van der Waals surface area contributed by atoms with Crippen LogP contribution < -0.4 is 10.5 Å². The molecule has 2 aromatic rings. The van der Waals surface area contributed by atoms with Crippen LogP contribution in [0.3, 0.4) is 0 Å². The molecule has 0 radical (unpaired) electrons. The molecule has 0 aliphatic heterocycles. The van der Waals surface area contributed by atoms with Gasteiger partial charge in [0.05, 0.1) is 7.11 Å². The van der Waals surface area contributed by atoms with E-state index in [4.69, 9.17) is 10.5 Å². The number of halogens is 1. The van der Waals surface area contributed by atoms with E-state index in [9.17, 15) is 0 Å². The number of hydrogen-bond donors (Lipinski definition) is 1. The summed E-state index contributed by atoms with van der Waals surface area (Å²) in [5, 5.41) is 0. The highest BCUT2D eigenvalue weighted by atomic mass is 35.5. The van der Waals surface area contributed by atoms with Crippen LogP contribution in [-0.4, -0.2) is 7.11 Å². The molecule has 0 unspecified atom stereocenters. The Morgan fingerprint density at radius 3 is 2.50 bits per heavy atom. The molecule has 0 amide bonds. The van der Waals surface area contributed by atoms with E-state index in [2.05, 4.69) is 25.1 Å². The van der Waals surface area contributed by atoms with Crippen molar-refractivity contribution in [2.45, 2.75) is 13.5 Å². The lowest BCUT2D eigenvalue weighted by molar-refractivity contribution is 0.415. The predicted molar refractivity (Wildman–Crippen MR) is 78.3 cm³/mol. The van der Waals surface area contributed by atoms with Gasteiger partial charge in [0.1, 0.15) is 5.75 Å². The van der Waals surface area contributed by atoms with Crippen molar-refractivity contribution in [3.63, 3.8) is 0 Å². The lowest BCUT2D eigenvalue weighted by atomic mass is 9.96. The maximum atomic E-state index is 5.73.